The first kappa shape index (κ1) is 25.3. The molecule has 178 valence electrons. The van der Waals surface area contributed by atoms with Gasteiger partial charge in [0.2, 0.25) is 11.8 Å². The lowest BCUT2D eigenvalue weighted by atomic mass is 9.93. The molecule has 33 heavy (non-hydrogen) atoms. The number of rotatable bonds is 9. The van der Waals surface area contributed by atoms with Crippen molar-refractivity contribution in [2.24, 2.45) is 0 Å². The number of carbonyl (C=O) groups is 2. The van der Waals surface area contributed by atoms with Crippen molar-refractivity contribution in [3.8, 4) is 0 Å². The highest BCUT2D eigenvalue weighted by molar-refractivity contribution is 6.35. The van der Waals surface area contributed by atoms with Crippen molar-refractivity contribution >= 4 is 35.0 Å². The highest BCUT2D eigenvalue weighted by Gasteiger charge is 2.53. The smallest absolute Gasteiger partial charge is 0.353 e. The SMILES string of the molecule is CNCCNC(=O)C(Cc1ccc(C(F)(F)F)cc1)NC(=O)C1(c2ccc(Cl)cc2Cl)CC1. The van der Waals surface area contributed by atoms with Gasteiger partial charge >= 0.3 is 6.18 Å². The summed E-state index contributed by atoms with van der Waals surface area (Å²) in [6.07, 6.45) is -3.28. The van der Waals surface area contributed by atoms with Crippen LogP contribution < -0.4 is 16.0 Å². The van der Waals surface area contributed by atoms with Crippen LogP contribution in [0.4, 0.5) is 13.2 Å². The predicted molar refractivity (Wildman–Crippen MR) is 121 cm³/mol. The predicted octanol–water partition coefficient (Wildman–Crippen LogP) is 4.11. The van der Waals surface area contributed by atoms with E-state index in [0.29, 0.717) is 47.1 Å². The molecule has 0 spiro atoms. The van der Waals surface area contributed by atoms with Crippen LogP contribution in [0.15, 0.2) is 42.5 Å². The van der Waals surface area contributed by atoms with Crippen molar-refractivity contribution in [2.45, 2.75) is 36.9 Å². The third-order valence-corrected chi connectivity index (χ3v) is 6.20. The third kappa shape index (κ3) is 6.19. The number of alkyl halides is 3. The van der Waals surface area contributed by atoms with E-state index in [1.54, 1.807) is 25.2 Å². The van der Waals surface area contributed by atoms with E-state index >= 15 is 0 Å². The summed E-state index contributed by atoms with van der Waals surface area (Å²) in [5.41, 5.74) is -0.508. The molecule has 3 N–H and O–H groups in total. The highest BCUT2D eigenvalue weighted by atomic mass is 35.5. The second-order valence-electron chi connectivity index (χ2n) is 8.03. The largest absolute Gasteiger partial charge is 0.416 e. The first-order valence-corrected chi connectivity index (χ1v) is 11.2. The first-order chi connectivity index (χ1) is 15.6. The van der Waals surface area contributed by atoms with Gasteiger partial charge in [0.25, 0.3) is 0 Å². The van der Waals surface area contributed by atoms with Crippen LogP contribution in [0.2, 0.25) is 10.0 Å². The van der Waals surface area contributed by atoms with E-state index in [1.165, 1.54) is 12.1 Å². The Balaban J connectivity index is 1.79. The van der Waals surface area contributed by atoms with E-state index in [9.17, 15) is 22.8 Å². The van der Waals surface area contributed by atoms with Crippen LogP contribution in [0, 0.1) is 0 Å². The zero-order chi connectivity index (χ0) is 24.2. The summed E-state index contributed by atoms with van der Waals surface area (Å²) in [6.45, 7) is 0.861. The third-order valence-electron chi connectivity index (χ3n) is 5.65. The minimum atomic E-state index is -4.45. The van der Waals surface area contributed by atoms with Crippen LogP contribution >= 0.6 is 23.2 Å². The van der Waals surface area contributed by atoms with Gasteiger partial charge in [-0.05, 0) is 55.3 Å². The number of halogens is 5. The summed E-state index contributed by atoms with van der Waals surface area (Å²) in [5, 5.41) is 9.25. The molecule has 0 bridgehead atoms. The Hall–Kier alpha value is -2.29. The Kier molecular flexibility index (Phi) is 7.92. The minimum Gasteiger partial charge on any atom is -0.353 e. The van der Waals surface area contributed by atoms with Gasteiger partial charge in [-0.3, -0.25) is 9.59 Å². The summed E-state index contributed by atoms with van der Waals surface area (Å²) < 4.78 is 38.6. The van der Waals surface area contributed by atoms with E-state index in [0.717, 1.165) is 12.1 Å². The summed E-state index contributed by atoms with van der Waals surface area (Å²) in [4.78, 5) is 26.0. The van der Waals surface area contributed by atoms with Gasteiger partial charge in [0.1, 0.15) is 6.04 Å². The van der Waals surface area contributed by atoms with E-state index < -0.39 is 29.1 Å². The maximum absolute atomic E-state index is 13.2. The zero-order valence-electron chi connectivity index (χ0n) is 17.9. The summed E-state index contributed by atoms with van der Waals surface area (Å²) in [5.74, 6) is -0.774. The number of benzene rings is 2. The molecule has 3 rings (SSSR count). The molecule has 1 unspecified atom stereocenters. The van der Waals surface area contributed by atoms with Crippen LogP contribution in [0.3, 0.4) is 0 Å². The van der Waals surface area contributed by atoms with Crippen molar-refractivity contribution < 1.29 is 22.8 Å². The molecule has 1 atom stereocenters. The van der Waals surface area contributed by atoms with E-state index in [4.69, 9.17) is 23.2 Å². The maximum Gasteiger partial charge on any atom is 0.416 e. The highest BCUT2D eigenvalue weighted by Crippen LogP contribution is 2.51. The van der Waals surface area contributed by atoms with Crippen LogP contribution in [-0.2, 0) is 27.6 Å². The molecule has 0 radical (unpaired) electrons. The van der Waals surface area contributed by atoms with Crippen molar-refractivity contribution in [1.29, 1.82) is 0 Å². The fourth-order valence-corrected chi connectivity index (χ4v) is 4.22. The normalized spacial score (nSPS) is 15.6. The molecule has 10 heteroatoms. The molecule has 2 aromatic rings. The van der Waals surface area contributed by atoms with Crippen molar-refractivity contribution in [1.82, 2.24) is 16.0 Å². The molecule has 2 amide bonds. The second kappa shape index (κ2) is 10.3. The molecule has 1 fully saturated rings. The summed E-state index contributed by atoms with van der Waals surface area (Å²) >= 11 is 12.3. The second-order valence-corrected chi connectivity index (χ2v) is 8.87. The lowest BCUT2D eigenvalue weighted by Gasteiger charge is -2.23. The Morgan fingerprint density at radius 1 is 1.06 bits per heavy atom. The van der Waals surface area contributed by atoms with Crippen molar-refractivity contribution in [3.05, 3.63) is 69.2 Å². The van der Waals surface area contributed by atoms with Crippen LogP contribution in [-0.4, -0.2) is 38.0 Å². The fraction of sp³-hybridized carbons (Fsp3) is 0.391. The monoisotopic (exact) mass is 501 g/mol. The fourth-order valence-electron chi connectivity index (χ4n) is 3.63. The molecule has 0 aromatic heterocycles. The zero-order valence-corrected chi connectivity index (χ0v) is 19.4. The molecule has 0 heterocycles. The number of amides is 2. The van der Waals surface area contributed by atoms with Gasteiger partial charge in [0.15, 0.2) is 0 Å². The minimum absolute atomic E-state index is 0.0414. The number of hydrogen-bond acceptors (Lipinski definition) is 3. The van der Waals surface area contributed by atoms with E-state index in [-0.39, 0.29) is 12.3 Å². The number of hydrogen-bond donors (Lipinski definition) is 3. The van der Waals surface area contributed by atoms with Gasteiger partial charge < -0.3 is 16.0 Å². The lowest BCUT2D eigenvalue weighted by Crippen LogP contribution is -2.51. The topological polar surface area (TPSA) is 70.2 Å². The van der Waals surface area contributed by atoms with Gasteiger partial charge in [0, 0.05) is 29.6 Å². The average molecular weight is 502 g/mol. The van der Waals surface area contributed by atoms with Crippen LogP contribution in [0.1, 0.15) is 29.5 Å². The molecule has 1 saturated carbocycles. The molecule has 1 aliphatic rings. The standard InChI is InChI=1S/C23H24Cl2F3N3O2/c1-29-10-11-30-20(32)19(12-14-2-4-15(5-3-14)23(26,27)28)31-21(33)22(8-9-22)17-7-6-16(24)13-18(17)25/h2-7,13,19,29H,8-12H2,1H3,(H,30,32)(H,31,33). The Bertz CT molecular complexity index is 1010. The number of carbonyl (C=O) groups excluding carboxylic acids is 2. The average Bonchev–Trinajstić information content (AvgIpc) is 3.55. The Morgan fingerprint density at radius 3 is 2.27 bits per heavy atom. The van der Waals surface area contributed by atoms with Crippen LogP contribution in [0.25, 0.3) is 0 Å². The van der Waals surface area contributed by atoms with Crippen molar-refractivity contribution in [2.75, 3.05) is 20.1 Å². The molecule has 2 aromatic carbocycles. The molecule has 5 nitrogen and oxygen atoms in total. The maximum atomic E-state index is 13.2. The van der Waals surface area contributed by atoms with Gasteiger partial charge in [-0.15, -0.1) is 0 Å². The Morgan fingerprint density at radius 2 is 1.73 bits per heavy atom. The van der Waals surface area contributed by atoms with E-state index in [1.807, 2.05) is 0 Å². The molecule has 0 saturated heterocycles. The Labute approximate surface area is 200 Å². The number of nitrogens with one attached hydrogen (secondary N) is 3. The summed E-state index contributed by atoms with van der Waals surface area (Å²) in [7, 11) is 1.74. The molecular weight excluding hydrogens is 478 g/mol. The van der Waals surface area contributed by atoms with Gasteiger partial charge in [-0.25, -0.2) is 0 Å². The van der Waals surface area contributed by atoms with Gasteiger partial charge in [-0.1, -0.05) is 41.4 Å². The van der Waals surface area contributed by atoms with Crippen LogP contribution in [0.5, 0.6) is 0 Å². The summed E-state index contributed by atoms with van der Waals surface area (Å²) in [6, 6.07) is 8.50. The first-order valence-electron chi connectivity index (χ1n) is 10.4. The number of likely N-dealkylation sites (N-methyl/N-ethyl adjacent to an activating group) is 1. The quantitative estimate of drug-likeness (QED) is 0.453. The molecular formula is C23H24Cl2F3N3O2. The lowest BCUT2D eigenvalue weighted by molar-refractivity contribution is -0.137. The van der Waals surface area contributed by atoms with Gasteiger partial charge in [-0.2, -0.15) is 13.2 Å². The molecule has 0 aliphatic heterocycles. The van der Waals surface area contributed by atoms with E-state index in [2.05, 4.69) is 16.0 Å². The molecule has 1 aliphatic carbocycles. The van der Waals surface area contributed by atoms with Gasteiger partial charge in [0.05, 0.1) is 11.0 Å². The van der Waals surface area contributed by atoms with Crippen molar-refractivity contribution in [3.63, 3.8) is 0 Å².